The number of hydrogen-bond donors (Lipinski definition) is 1. The molecule has 112 valence electrons. The highest BCUT2D eigenvalue weighted by molar-refractivity contribution is 6.32. The van der Waals surface area contributed by atoms with E-state index in [1.165, 1.54) is 17.7 Å². The molecule has 2 rings (SSSR count). The summed E-state index contributed by atoms with van der Waals surface area (Å²) in [5.74, 6) is 0.586. The molecule has 1 aromatic heterocycles. The number of aromatic nitrogens is 2. The van der Waals surface area contributed by atoms with E-state index in [1.54, 1.807) is 26.3 Å². The zero-order valence-corrected chi connectivity index (χ0v) is 12.8. The van der Waals surface area contributed by atoms with E-state index in [0.29, 0.717) is 23.0 Å². The molecule has 7 heteroatoms. The zero-order chi connectivity index (χ0) is 15.6. The summed E-state index contributed by atoms with van der Waals surface area (Å²) in [6.07, 6.45) is 0. The second kappa shape index (κ2) is 6.05. The van der Waals surface area contributed by atoms with Crippen molar-refractivity contribution in [3.63, 3.8) is 0 Å². The summed E-state index contributed by atoms with van der Waals surface area (Å²) in [5.41, 5.74) is 0.679. The van der Waals surface area contributed by atoms with E-state index in [4.69, 9.17) is 16.3 Å². The standard InChI is InChI=1S/C14H16ClN3O3/c1-17-10(7-13(19)18(2)14(17)20)8-16-9-4-5-12(21-3)11(15)6-9/h4-7,16H,8H2,1-3H3. The van der Waals surface area contributed by atoms with Crippen LogP contribution in [0.2, 0.25) is 5.02 Å². The van der Waals surface area contributed by atoms with Gasteiger partial charge in [0.2, 0.25) is 0 Å². The van der Waals surface area contributed by atoms with Crippen molar-refractivity contribution in [3.05, 3.63) is 55.8 Å². The monoisotopic (exact) mass is 309 g/mol. The van der Waals surface area contributed by atoms with Gasteiger partial charge in [-0.05, 0) is 18.2 Å². The number of nitrogens with zero attached hydrogens (tertiary/aromatic N) is 2. The van der Waals surface area contributed by atoms with Crippen molar-refractivity contribution >= 4 is 17.3 Å². The average molecular weight is 310 g/mol. The minimum atomic E-state index is -0.355. The van der Waals surface area contributed by atoms with Crippen LogP contribution in [0.3, 0.4) is 0 Å². The van der Waals surface area contributed by atoms with Crippen LogP contribution in [0.15, 0.2) is 33.9 Å². The van der Waals surface area contributed by atoms with Gasteiger partial charge < -0.3 is 10.1 Å². The molecule has 0 aliphatic rings. The molecule has 0 saturated heterocycles. The lowest BCUT2D eigenvalue weighted by Crippen LogP contribution is -2.38. The molecule has 0 radical (unpaired) electrons. The summed E-state index contributed by atoms with van der Waals surface area (Å²) in [5, 5.41) is 3.61. The van der Waals surface area contributed by atoms with Crippen LogP contribution in [0.25, 0.3) is 0 Å². The molecule has 0 aliphatic heterocycles. The topological polar surface area (TPSA) is 65.3 Å². The van der Waals surface area contributed by atoms with Crippen molar-refractivity contribution in [2.45, 2.75) is 6.54 Å². The predicted octanol–water partition coefficient (Wildman–Crippen LogP) is 1.36. The number of halogens is 1. The lowest BCUT2D eigenvalue weighted by molar-refractivity contribution is 0.415. The van der Waals surface area contributed by atoms with Crippen molar-refractivity contribution in [2.75, 3.05) is 12.4 Å². The molecule has 0 unspecified atom stereocenters. The smallest absolute Gasteiger partial charge is 0.330 e. The summed E-state index contributed by atoms with van der Waals surface area (Å²) in [4.78, 5) is 23.5. The van der Waals surface area contributed by atoms with Gasteiger partial charge in [-0.1, -0.05) is 11.6 Å². The van der Waals surface area contributed by atoms with Gasteiger partial charge in [-0.25, -0.2) is 4.79 Å². The molecular weight excluding hydrogens is 294 g/mol. The first kappa shape index (κ1) is 15.2. The van der Waals surface area contributed by atoms with Crippen LogP contribution in [-0.4, -0.2) is 16.2 Å². The number of hydrogen-bond acceptors (Lipinski definition) is 4. The van der Waals surface area contributed by atoms with E-state index in [-0.39, 0.29) is 11.2 Å². The number of rotatable bonds is 4. The molecule has 1 heterocycles. The third kappa shape index (κ3) is 3.11. The molecule has 0 aliphatic carbocycles. The van der Waals surface area contributed by atoms with Crippen molar-refractivity contribution in [2.24, 2.45) is 14.1 Å². The van der Waals surface area contributed by atoms with Crippen LogP contribution in [0.4, 0.5) is 5.69 Å². The lowest BCUT2D eigenvalue weighted by atomic mass is 10.3. The van der Waals surface area contributed by atoms with Gasteiger partial charge in [-0.2, -0.15) is 0 Å². The fourth-order valence-corrected chi connectivity index (χ4v) is 2.17. The van der Waals surface area contributed by atoms with E-state index >= 15 is 0 Å². The molecule has 0 amide bonds. The van der Waals surface area contributed by atoms with Crippen LogP contribution in [0.5, 0.6) is 5.75 Å². The molecule has 1 N–H and O–H groups in total. The van der Waals surface area contributed by atoms with Gasteiger partial charge in [0.05, 0.1) is 18.7 Å². The van der Waals surface area contributed by atoms with E-state index < -0.39 is 0 Å². The minimum Gasteiger partial charge on any atom is -0.495 e. The highest BCUT2D eigenvalue weighted by Crippen LogP contribution is 2.27. The Morgan fingerprint density at radius 2 is 1.90 bits per heavy atom. The van der Waals surface area contributed by atoms with Crippen molar-refractivity contribution in [1.29, 1.82) is 0 Å². The van der Waals surface area contributed by atoms with Crippen LogP contribution in [-0.2, 0) is 20.6 Å². The Hall–Kier alpha value is -2.21. The van der Waals surface area contributed by atoms with Crippen molar-refractivity contribution < 1.29 is 4.74 Å². The van der Waals surface area contributed by atoms with Gasteiger partial charge in [-0.15, -0.1) is 0 Å². The van der Waals surface area contributed by atoms with E-state index in [0.717, 1.165) is 10.3 Å². The van der Waals surface area contributed by atoms with Crippen LogP contribution in [0.1, 0.15) is 5.69 Å². The largest absolute Gasteiger partial charge is 0.495 e. The maximum Gasteiger partial charge on any atom is 0.330 e. The van der Waals surface area contributed by atoms with E-state index in [1.807, 2.05) is 6.07 Å². The maximum atomic E-state index is 11.8. The summed E-state index contributed by atoms with van der Waals surface area (Å²) in [6.45, 7) is 0.338. The average Bonchev–Trinajstić information content (AvgIpc) is 2.47. The Labute approximate surface area is 126 Å². The summed E-state index contributed by atoms with van der Waals surface area (Å²) >= 11 is 6.04. The summed E-state index contributed by atoms with van der Waals surface area (Å²) < 4.78 is 7.57. The molecule has 21 heavy (non-hydrogen) atoms. The van der Waals surface area contributed by atoms with Gasteiger partial charge in [0.1, 0.15) is 5.75 Å². The second-order valence-electron chi connectivity index (χ2n) is 4.58. The van der Waals surface area contributed by atoms with Gasteiger partial charge in [-0.3, -0.25) is 13.9 Å². The molecule has 6 nitrogen and oxygen atoms in total. The number of benzene rings is 1. The third-order valence-corrected chi connectivity index (χ3v) is 3.55. The normalized spacial score (nSPS) is 10.5. The highest BCUT2D eigenvalue weighted by atomic mass is 35.5. The number of nitrogens with one attached hydrogen (secondary N) is 1. The number of methoxy groups -OCH3 is 1. The first-order valence-corrected chi connectivity index (χ1v) is 6.65. The molecule has 1 aromatic carbocycles. The van der Waals surface area contributed by atoms with Gasteiger partial charge in [0.25, 0.3) is 5.56 Å². The predicted molar refractivity (Wildman–Crippen MR) is 82.3 cm³/mol. The van der Waals surface area contributed by atoms with Gasteiger partial charge >= 0.3 is 5.69 Å². The first-order valence-electron chi connectivity index (χ1n) is 6.27. The Bertz CT molecular complexity index is 780. The van der Waals surface area contributed by atoms with E-state index in [2.05, 4.69) is 5.32 Å². The third-order valence-electron chi connectivity index (χ3n) is 3.25. The second-order valence-corrected chi connectivity index (χ2v) is 4.98. The molecule has 2 aromatic rings. The van der Waals surface area contributed by atoms with Gasteiger partial charge in [0, 0.05) is 31.5 Å². The minimum absolute atomic E-state index is 0.331. The summed E-state index contributed by atoms with van der Waals surface area (Å²) in [7, 11) is 4.62. The van der Waals surface area contributed by atoms with Crippen molar-refractivity contribution in [1.82, 2.24) is 9.13 Å². The SMILES string of the molecule is COc1ccc(NCc2cc(=O)n(C)c(=O)n2C)cc1Cl. The fourth-order valence-electron chi connectivity index (χ4n) is 1.92. The van der Waals surface area contributed by atoms with Crippen LogP contribution >= 0.6 is 11.6 Å². The van der Waals surface area contributed by atoms with Crippen LogP contribution < -0.4 is 21.3 Å². The molecule has 0 atom stereocenters. The molecule has 0 saturated carbocycles. The quantitative estimate of drug-likeness (QED) is 0.926. The van der Waals surface area contributed by atoms with E-state index in [9.17, 15) is 9.59 Å². The number of anilines is 1. The molecule has 0 bridgehead atoms. The highest BCUT2D eigenvalue weighted by Gasteiger charge is 2.06. The molecular formula is C14H16ClN3O3. The van der Waals surface area contributed by atoms with Gasteiger partial charge in [0.15, 0.2) is 0 Å². The maximum absolute atomic E-state index is 11.8. The Morgan fingerprint density at radius 3 is 2.52 bits per heavy atom. The molecule has 0 spiro atoms. The lowest BCUT2D eigenvalue weighted by Gasteiger charge is -2.12. The molecule has 0 fully saturated rings. The Balaban J connectivity index is 2.23. The Morgan fingerprint density at radius 1 is 1.19 bits per heavy atom. The first-order chi connectivity index (χ1) is 9.93. The fraction of sp³-hybridized carbons (Fsp3) is 0.286. The summed E-state index contributed by atoms with van der Waals surface area (Å²) in [6, 6.07) is 6.71. The number of ether oxygens (including phenoxy) is 1. The zero-order valence-electron chi connectivity index (χ0n) is 12.0. The van der Waals surface area contributed by atoms with Crippen molar-refractivity contribution in [3.8, 4) is 5.75 Å². The Kier molecular flexibility index (Phi) is 4.37. The van der Waals surface area contributed by atoms with Crippen LogP contribution in [0, 0.1) is 0 Å².